The molecule has 0 spiro atoms. The van der Waals surface area contributed by atoms with Crippen LogP contribution in [0.2, 0.25) is 0 Å². The number of halogens is 1. The Hall–Kier alpha value is -1.18. The molecule has 0 radical (unpaired) electrons. The van der Waals surface area contributed by atoms with Gasteiger partial charge >= 0.3 is 0 Å². The first-order chi connectivity index (χ1) is 5.27. The van der Waals surface area contributed by atoms with Gasteiger partial charge in [-0.25, -0.2) is 4.39 Å². The van der Waals surface area contributed by atoms with E-state index in [9.17, 15) is 4.39 Å². The second-order valence-electron chi connectivity index (χ2n) is 2.26. The minimum Gasteiger partial charge on any atom is -0.256 e. The van der Waals surface area contributed by atoms with Crippen LogP contribution in [0.15, 0.2) is 18.8 Å². The first kappa shape index (κ1) is 7.92. The molecule has 1 aromatic rings. The van der Waals surface area contributed by atoms with Crippen LogP contribution in [0.3, 0.4) is 0 Å². The molecule has 1 heterocycles. The van der Waals surface area contributed by atoms with Gasteiger partial charge in [-0.05, 0) is 18.6 Å². The van der Waals surface area contributed by atoms with Gasteiger partial charge < -0.3 is 0 Å². The highest BCUT2D eigenvalue weighted by Gasteiger charge is 1.99. The Bertz CT molecular complexity index is 268. The Morgan fingerprint density at radius 1 is 1.73 bits per heavy atom. The van der Waals surface area contributed by atoms with Crippen molar-refractivity contribution in [1.82, 2.24) is 4.98 Å². The summed E-state index contributed by atoms with van der Waals surface area (Å²) in [6.45, 7) is 5.39. The van der Waals surface area contributed by atoms with Crippen LogP contribution in [0.4, 0.5) is 4.39 Å². The number of hydrogen-bond donors (Lipinski definition) is 0. The number of nitrogens with zero attached hydrogens (tertiary/aromatic N) is 1. The van der Waals surface area contributed by atoms with E-state index in [0.717, 1.165) is 0 Å². The molecule has 0 N–H and O–H groups in total. The van der Waals surface area contributed by atoms with Crippen molar-refractivity contribution in [2.45, 2.75) is 13.3 Å². The molecule has 0 amide bonds. The van der Waals surface area contributed by atoms with Crippen molar-refractivity contribution >= 4 is 6.08 Å². The van der Waals surface area contributed by atoms with Gasteiger partial charge in [0.25, 0.3) is 0 Å². The van der Waals surface area contributed by atoms with E-state index in [1.807, 2.05) is 6.92 Å². The lowest BCUT2D eigenvalue weighted by molar-refractivity contribution is 0.609. The number of pyridine rings is 1. The summed E-state index contributed by atoms with van der Waals surface area (Å²) < 4.78 is 12.9. The molecule has 0 saturated carbocycles. The first-order valence-corrected chi connectivity index (χ1v) is 3.54. The van der Waals surface area contributed by atoms with Crippen LogP contribution in [-0.2, 0) is 6.42 Å². The zero-order chi connectivity index (χ0) is 8.27. The predicted octanol–water partition coefficient (Wildman–Crippen LogP) is 2.43. The van der Waals surface area contributed by atoms with Crippen LogP contribution in [0.1, 0.15) is 18.2 Å². The Labute approximate surface area is 65.6 Å². The van der Waals surface area contributed by atoms with E-state index < -0.39 is 0 Å². The molecular formula is C9H10FN. The quantitative estimate of drug-likeness (QED) is 0.632. The third-order valence-corrected chi connectivity index (χ3v) is 1.54. The summed E-state index contributed by atoms with van der Waals surface area (Å²) in [5, 5.41) is 0. The second kappa shape index (κ2) is 3.28. The zero-order valence-electron chi connectivity index (χ0n) is 6.47. The summed E-state index contributed by atoms with van der Waals surface area (Å²) in [6.07, 6.45) is 3.76. The Kier molecular flexibility index (Phi) is 2.36. The fraction of sp³-hybridized carbons (Fsp3) is 0.222. The Balaban J connectivity index is 3.09. The van der Waals surface area contributed by atoms with E-state index >= 15 is 0 Å². The SMILES string of the molecule is C=Cc1cc(F)c(CC)cn1. The fourth-order valence-corrected chi connectivity index (χ4v) is 0.846. The van der Waals surface area contributed by atoms with Gasteiger partial charge in [-0.15, -0.1) is 0 Å². The standard InChI is InChI=1S/C9H10FN/c1-3-7-6-11-8(4-2)5-9(7)10/h4-6H,2-3H2,1H3. The van der Waals surface area contributed by atoms with Gasteiger partial charge in [0.1, 0.15) is 5.82 Å². The van der Waals surface area contributed by atoms with Crippen LogP contribution < -0.4 is 0 Å². The molecule has 1 aromatic heterocycles. The molecule has 0 fully saturated rings. The van der Waals surface area contributed by atoms with E-state index in [4.69, 9.17) is 0 Å². The normalized spacial score (nSPS) is 9.64. The third-order valence-electron chi connectivity index (χ3n) is 1.54. The topological polar surface area (TPSA) is 12.9 Å². The summed E-state index contributed by atoms with van der Waals surface area (Å²) in [6, 6.07) is 1.39. The lowest BCUT2D eigenvalue weighted by Crippen LogP contribution is -1.91. The molecule has 1 rings (SSSR count). The molecule has 0 aliphatic heterocycles. The minimum absolute atomic E-state index is 0.197. The second-order valence-corrected chi connectivity index (χ2v) is 2.26. The number of rotatable bonds is 2. The van der Waals surface area contributed by atoms with Gasteiger partial charge in [-0.2, -0.15) is 0 Å². The van der Waals surface area contributed by atoms with Crippen LogP contribution >= 0.6 is 0 Å². The van der Waals surface area contributed by atoms with Gasteiger partial charge in [0, 0.05) is 11.8 Å². The van der Waals surface area contributed by atoms with E-state index in [2.05, 4.69) is 11.6 Å². The van der Waals surface area contributed by atoms with Gasteiger partial charge in [0.05, 0.1) is 5.69 Å². The van der Waals surface area contributed by atoms with Crippen LogP contribution in [0.25, 0.3) is 6.08 Å². The summed E-state index contributed by atoms with van der Waals surface area (Å²) in [5.41, 5.74) is 1.23. The van der Waals surface area contributed by atoms with E-state index in [1.165, 1.54) is 12.1 Å². The third kappa shape index (κ3) is 1.64. The Morgan fingerprint density at radius 3 is 2.91 bits per heavy atom. The highest BCUT2D eigenvalue weighted by atomic mass is 19.1. The van der Waals surface area contributed by atoms with Crippen molar-refractivity contribution < 1.29 is 4.39 Å². The largest absolute Gasteiger partial charge is 0.256 e. The number of aryl methyl sites for hydroxylation is 1. The number of aromatic nitrogens is 1. The average Bonchev–Trinajstić information content (AvgIpc) is 2.04. The van der Waals surface area contributed by atoms with Crippen molar-refractivity contribution in [2.24, 2.45) is 0 Å². The highest BCUT2D eigenvalue weighted by Crippen LogP contribution is 2.08. The average molecular weight is 151 g/mol. The van der Waals surface area contributed by atoms with Crippen LogP contribution in [0, 0.1) is 5.82 Å². The molecule has 0 atom stereocenters. The van der Waals surface area contributed by atoms with E-state index in [0.29, 0.717) is 17.7 Å². The van der Waals surface area contributed by atoms with Crippen molar-refractivity contribution in [3.8, 4) is 0 Å². The molecule has 0 aromatic carbocycles. The van der Waals surface area contributed by atoms with Crippen molar-refractivity contribution in [3.05, 3.63) is 35.9 Å². The fourth-order valence-electron chi connectivity index (χ4n) is 0.846. The molecule has 0 saturated heterocycles. The molecule has 0 aliphatic carbocycles. The van der Waals surface area contributed by atoms with Gasteiger partial charge in [-0.1, -0.05) is 13.5 Å². The van der Waals surface area contributed by atoms with Gasteiger partial charge in [0.15, 0.2) is 0 Å². The van der Waals surface area contributed by atoms with Crippen LogP contribution in [-0.4, -0.2) is 4.98 Å². The summed E-state index contributed by atoms with van der Waals surface area (Å²) >= 11 is 0. The molecule has 58 valence electrons. The smallest absolute Gasteiger partial charge is 0.130 e. The van der Waals surface area contributed by atoms with Crippen molar-refractivity contribution in [3.63, 3.8) is 0 Å². The van der Waals surface area contributed by atoms with E-state index in [-0.39, 0.29) is 5.82 Å². The highest BCUT2D eigenvalue weighted by molar-refractivity contribution is 5.41. The molecule has 0 bridgehead atoms. The van der Waals surface area contributed by atoms with Gasteiger partial charge in [-0.3, -0.25) is 4.98 Å². The molecular weight excluding hydrogens is 141 g/mol. The summed E-state index contributed by atoms with van der Waals surface area (Å²) in [5.74, 6) is -0.197. The molecule has 2 heteroatoms. The Morgan fingerprint density at radius 2 is 2.45 bits per heavy atom. The van der Waals surface area contributed by atoms with Gasteiger partial charge in [0.2, 0.25) is 0 Å². The maximum absolute atomic E-state index is 12.9. The molecule has 11 heavy (non-hydrogen) atoms. The summed E-state index contributed by atoms with van der Waals surface area (Å²) in [4.78, 5) is 3.97. The van der Waals surface area contributed by atoms with E-state index in [1.54, 1.807) is 6.20 Å². The summed E-state index contributed by atoms with van der Waals surface area (Å²) in [7, 11) is 0. The number of hydrogen-bond acceptors (Lipinski definition) is 1. The maximum atomic E-state index is 12.9. The molecule has 1 nitrogen and oxygen atoms in total. The van der Waals surface area contributed by atoms with Crippen molar-refractivity contribution in [1.29, 1.82) is 0 Å². The molecule has 0 unspecified atom stereocenters. The first-order valence-electron chi connectivity index (χ1n) is 3.54. The monoisotopic (exact) mass is 151 g/mol. The maximum Gasteiger partial charge on any atom is 0.130 e. The van der Waals surface area contributed by atoms with Crippen molar-refractivity contribution in [2.75, 3.05) is 0 Å². The minimum atomic E-state index is -0.197. The zero-order valence-corrected chi connectivity index (χ0v) is 6.47. The predicted molar refractivity (Wildman–Crippen MR) is 43.7 cm³/mol. The van der Waals surface area contributed by atoms with Crippen LogP contribution in [0.5, 0.6) is 0 Å². The molecule has 0 aliphatic rings. The lowest BCUT2D eigenvalue weighted by Gasteiger charge is -1.98. The lowest BCUT2D eigenvalue weighted by atomic mass is 10.2.